The number of carbonyl (C=O) groups is 1. The summed E-state index contributed by atoms with van der Waals surface area (Å²) in [6.45, 7) is 3.77. The number of aromatic carboxylic acids is 1. The van der Waals surface area contributed by atoms with Gasteiger partial charge in [0.2, 0.25) is 0 Å². The fraction of sp³-hybridized carbons (Fsp3) is 0.111. The molecule has 0 aliphatic carbocycles. The first-order valence-corrected chi connectivity index (χ1v) is 8.89. The minimum absolute atomic E-state index is 0.167. The Kier molecular flexibility index (Phi) is 4.91. The molecular formula is C18H13BrCl2N2O2. The van der Waals surface area contributed by atoms with Crippen molar-refractivity contribution in [3.63, 3.8) is 0 Å². The number of carboxylic acid groups (broad SMARTS) is 1. The predicted molar refractivity (Wildman–Crippen MR) is 103 cm³/mol. The second-order valence-corrected chi connectivity index (χ2v) is 7.28. The minimum Gasteiger partial charge on any atom is -0.478 e. The highest BCUT2D eigenvalue weighted by molar-refractivity contribution is 9.10. The lowest BCUT2D eigenvalue weighted by molar-refractivity contribution is 0.0696. The van der Waals surface area contributed by atoms with Crippen LogP contribution in [0.25, 0.3) is 16.8 Å². The van der Waals surface area contributed by atoms with Gasteiger partial charge in [-0.2, -0.15) is 5.10 Å². The maximum absolute atomic E-state index is 11.6. The fourth-order valence-corrected chi connectivity index (χ4v) is 3.47. The van der Waals surface area contributed by atoms with Crippen molar-refractivity contribution in [1.82, 2.24) is 9.78 Å². The normalized spacial score (nSPS) is 10.9. The van der Waals surface area contributed by atoms with Gasteiger partial charge in [-0.15, -0.1) is 0 Å². The molecule has 0 saturated heterocycles. The predicted octanol–water partition coefficient (Wildman–Crippen LogP) is 5.92. The molecule has 0 aliphatic heterocycles. The zero-order chi connectivity index (χ0) is 18.3. The first kappa shape index (κ1) is 18.0. The summed E-state index contributed by atoms with van der Waals surface area (Å²) in [7, 11) is 0. The van der Waals surface area contributed by atoms with E-state index in [9.17, 15) is 9.90 Å². The first-order valence-electron chi connectivity index (χ1n) is 7.34. The average Bonchev–Trinajstić information content (AvgIpc) is 2.85. The second-order valence-electron chi connectivity index (χ2n) is 5.55. The van der Waals surface area contributed by atoms with Crippen molar-refractivity contribution in [3.05, 3.63) is 67.9 Å². The molecule has 0 spiro atoms. The van der Waals surface area contributed by atoms with E-state index < -0.39 is 5.97 Å². The molecule has 128 valence electrons. The van der Waals surface area contributed by atoms with Crippen molar-refractivity contribution in [2.45, 2.75) is 13.8 Å². The lowest BCUT2D eigenvalue weighted by Gasteiger charge is -2.10. The van der Waals surface area contributed by atoms with Crippen LogP contribution in [-0.2, 0) is 0 Å². The van der Waals surface area contributed by atoms with Crippen LogP contribution in [0, 0.1) is 13.8 Å². The lowest BCUT2D eigenvalue weighted by atomic mass is 10.0. The molecule has 0 saturated carbocycles. The zero-order valence-corrected chi connectivity index (χ0v) is 16.4. The molecule has 2 aromatic carbocycles. The third-order valence-corrected chi connectivity index (χ3v) is 5.15. The number of carboxylic acids is 1. The van der Waals surface area contributed by atoms with Gasteiger partial charge in [-0.3, -0.25) is 0 Å². The molecule has 0 radical (unpaired) electrons. The van der Waals surface area contributed by atoms with E-state index in [1.54, 1.807) is 35.0 Å². The quantitative estimate of drug-likeness (QED) is 0.550. The zero-order valence-electron chi connectivity index (χ0n) is 13.3. The molecular weight excluding hydrogens is 427 g/mol. The van der Waals surface area contributed by atoms with E-state index in [-0.39, 0.29) is 5.56 Å². The Hall–Kier alpha value is -1.82. The summed E-state index contributed by atoms with van der Waals surface area (Å²) in [5, 5.41) is 15.0. The molecule has 1 heterocycles. The smallest absolute Gasteiger partial charge is 0.337 e. The first-order chi connectivity index (χ1) is 11.8. The number of benzene rings is 2. The van der Waals surface area contributed by atoms with Crippen molar-refractivity contribution in [2.75, 3.05) is 0 Å². The molecule has 4 nitrogen and oxygen atoms in total. The van der Waals surface area contributed by atoms with Gasteiger partial charge in [0.25, 0.3) is 0 Å². The molecule has 0 unspecified atom stereocenters. The SMILES string of the molecule is Cc1nn(-c2ccc(Br)cc2C(=O)O)c(C)c1-c1ccc(Cl)c(Cl)c1. The van der Waals surface area contributed by atoms with Gasteiger partial charge in [0, 0.05) is 15.7 Å². The molecule has 0 aliphatic rings. The van der Waals surface area contributed by atoms with E-state index in [0.717, 1.165) is 22.5 Å². The lowest BCUT2D eigenvalue weighted by Crippen LogP contribution is -2.08. The highest BCUT2D eigenvalue weighted by Gasteiger charge is 2.19. The van der Waals surface area contributed by atoms with Crippen molar-refractivity contribution < 1.29 is 9.90 Å². The van der Waals surface area contributed by atoms with Crippen molar-refractivity contribution in [2.24, 2.45) is 0 Å². The summed E-state index contributed by atoms with van der Waals surface area (Å²) in [4.78, 5) is 11.6. The van der Waals surface area contributed by atoms with Crippen LogP contribution < -0.4 is 0 Å². The van der Waals surface area contributed by atoms with Crippen molar-refractivity contribution in [3.8, 4) is 16.8 Å². The monoisotopic (exact) mass is 438 g/mol. The summed E-state index contributed by atoms with van der Waals surface area (Å²) in [5.41, 5.74) is 4.04. The topological polar surface area (TPSA) is 55.1 Å². The van der Waals surface area contributed by atoms with Crippen LogP contribution in [0.4, 0.5) is 0 Å². The molecule has 7 heteroatoms. The molecule has 1 N–H and O–H groups in total. The third-order valence-electron chi connectivity index (χ3n) is 3.92. The maximum atomic E-state index is 11.6. The van der Waals surface area contributed by atoms with Crippen LogP contribution in [-0.4, -0.2) is 20.9 Å². The fourth-order valence-electron chi connectivity index (χ4n) is 2.81. The van der Waals surface area contributed by atoms with Gasteiger partial charge in [-0.05, 0) is 49.7 Å². The van der Waals surface area contributed by atoms with Crippen LogP contribution in [0.3, 0.4) is 0 Å². The molecule has 3 aromatic rings. The van der Waals surface area contributed by atoms with Gasteiger partial charge >= 0.3 is 5.97 Å². The van der Waals surface area contributed by atoms with Gasteiger partial charge in [-0.1, -0.05) is 45.2 Å². The van der Waals surface area contributed by atoms with Crippen LogP contribution in [0.1, 0.15) is 21.7 Å². The summed E-state index contributed by atoms with van der Waals surface area (Å²) < 4.78 is 2.34. The van der Waals surface area contributed by atoms with Crippen LogP contribution in [0.15, 0.2) is 40.9 Å². The number of aromatic nitrogens is 2. The molecule has 0 atom stereocenters. The standard InChI is InChI=1S/C18H13BrCl2N2O2/c1-9-17(11-3-5-14(20)15(21)7-11)10(2)23(22-9)16-6-4-12(19)8-13(16)18(24)25/h3-8H,1-2H3,(H,24,25). The largest absolute Gasteiger partial charge is 0.478 e. The summed E-state index contributed by atoms with van der Waals surface area (Å²) >= 11 is 15.4. The van der Waals surface area contributed by atoms with Crippen molar-refractivity contribution in [1.29, 1.82) is 0 Å². The Balaban J connectivity index is 2.22. The highest BCUT2D eigenvalue weighted by atomic mass is 79.9. The number of nitrogens with zero attached hydrogens (tertiary/aromatic N) is 2. The molecule has 0 bridgehead atoms. The highest BCUT2D eigenvalue weighted by Crippen LogP contribution is 2.33. The van der Waals surface area contributed by atoms with E-state index in [1.165, 1.54) is 0 Å². The van der Waals surface area contributed by atoms with E-state index in [4.69, 9.17) is 23.2 Å². The van der Waals surface area contributed by atoms with Crippen LogP contribution in [0.5, 0.6) is 0 Å². The number of aryl methyl sites for hydroxylation is 1. The summed E-state index contributed by atoms with van der Waals surface area (Å²) in [6, 6.07) is 10.5. The third kappa shape index (κ3) is 3.32. The Morgan fingerprint density at radius 1 is 1.12 bits per heavy atom. The summed E-state index contributed by atoms with van der Waals surface area (Å²) in [6.07, 6.45) is 0. The number of halogens is 3. The molecule has 0 amide bonds. The van der Waals surface area contributed by atoms with Crippen molar-refractivity contribution >= 4 is 45.1 Å². The van der Waals surface area contributed by atoms with E-state index in [0.29, 0.717) is 20.2 Å². The molecule has 0 fully saturated rings. The number of rotatable bonds is 3. The van der Waals surface area contributed by atoms with Gasteiger partial charge in [0.05, 0.1) is 27.0 Å². The Morgan fingerprint density at radius 2 is 1.84 bits per heavy atom. The van der Waals surface area contributed by atoms with Crippen LogP contribution >= 0.6 is 39.1 Å². The van der Waals surface area contributed by atoms with Gasteiger partial charge < -0.3 is 5.11 Å². The van der Waals surface area contributed by atoms with Crippen LogP contribution in [0.2, 0.25) is 10.0 Å². The van der Waals surface area contributed by atoms with Gasteiger partial charge in [0.1, 0.15) is 0 Å². The van der Waals surface area contributed by atoms with Gasteiger partial charge in [-0.25, -0.2) is 9.48 Å². The van der Waals surface area contributed by atoms with E-state index >= 15 is 0 Å². The van der Waals surface area contributed by atoms with E-state index in [1.807, 2.05) is 19.9 Å². The Labute approximate surface area is 163 Å². The Bertz CT molecular complexity index is 999. The maximum Gasteiger partial charge on any atom is 0.337 e. The minimum atomic E-state index is -1.01. The molecule has 25 heavy (non-hydrogen) atoms. The second kappa shape index (κ2) is 6.83. The van der Waals surface area contributed by atoms with E-state index in [2.05, 4.69) is 21.0 Å². The summed E-state index contributed by atoms with van der Waals surface area (Å²) in [5.74, 6) is -1.01. The van der Waals surface area contributed by atoms with Gasteiger partial charge in [0.15, 0.2) is 0 Å². The number of hydrogen-bond acceptors (Lipinski definition) is 2. The number of hydrogen-bond donors (Lipinski definition) is 1. The average molecular weight is 440 g/mol. The molecule has 1 aromatic heterocycles. The molecule has 3 rings (SSSR count). The Morgan fingerprint density at radius 3 is 2.48 bits per heavy atom.